The van der Waals surface area contributed by atoms with Gasteiger partial charge in [0.25, 0.3) is 0 Å². The van der Waals surface area contributed by atoms with Gasteiger partial charge in [-0.15, -0.1) is 0 Å². The smallest absolute Gasteiger partial charge is 0.414 e. The number of rotatable bonds is 4. The van der Waals surface area contributed by atoms with Crippen LogP contribution in [-0.4, -0.2) is 31.7 Å². The van der Waals surface area contributed by atoms with Gasteiger partial charge in [0.1, 0.15) is 5.82 Å². The van der Waals surface area contributed by atoms with Gasteiger partial charge in [-0.05, 0) is 35.4 Å². The highest BCUT2D eigenvalue weighted by atomic mass is 79.9. The molecule has 7 nitrogen and oxygen atoms in total. The molecule has 1 heterocycles. The Kier molecular flexibility index (Phi) is 7.28. The molecule has 9 heteroatoms. The molecule has 0 atom stereocenters. The van der Waals surface area contributed by atoms with Crippen LogP contribution in [0.1, 0.15) is 5.56 Å². The quantitative estimate of drug-likeness (QED) is 0.523. The summed E-state index contributed by atoms with van der Waals surface area (Å²) in [7, 11) is 1.97. The number of carbonyl (C=O) groups is 2. The number of hydrogen-bond acceptors (Lipinski definition) is 4. The van der Waals surface area contributed by atoms with Crippen molar-refractivity contribution in [2.45, 2.75) is 6.54 Å². The molecule has 0 fully saturated rings. The van der Waals surface area contributed by atoms with E-state index in [-0.39, 0.29) is 5.82 Å². The SMILES string of the molecule is Cn1c(-c2ccc(Br)cc2)cnc1NCc1ccc(F)cc1.O=C(O)C(=O)O. The van der Waals surface area contributed by atoms with Crippen molar-refractivity contribution in [1.82, 2.24) is 9.55 Å². The van der Waals surface area contributed by atoms with Crippen molar-refractivity contribution >= 4 is 33.8 Å². The molecule has 0 radical (unpaired) electrons. The number of hydrogen-bond donors (Lipinski definition) is 3. The van der Waals surface area contributed by atoms with Crippen LogP contribution in [0.5, 0.6) is 0 Å². The molecule has 2 aromatic carbocycles. The van der Waals surface area contributed by atoms with E-state index in [0.29, 0.717) is 6.54 Å². The van der Waals surface area contributed by atoms with Gasteiger partial charge in [-0.1, -0.05) is 40.2 Å². The second-order valence-electron chi connectivity index (χ2n) is 5.62. The Labute approximate surface area is 168 Å². The van der Waals surface area contributed by atoms with E-state index in [9.17, 15) is 4.39 Å². The molecule has 1 aromatic heterocycles. The van der Waals surface area contributed by atoms with Gasteiger partial charge in [0.05, 0.1) is 11.9 Å². The van der Waals surface area contributed by atoms with Crippen LogP contribution in [0.25, 0.3) is 11.3 Å². The van der Waals surface area contributed by atoms with Crippen molar-refractivity contribution in [3.63, 3.8) is 0 Å². The summed E-state index contributed by atoms with van der Waals surface area (Å²) in [6.45, 7) is 0.602. The number of aromatic nitrogens is 2. The summed E-state index contributed by atoms with van der Waals surface area (Å²) in [4.78, 5) is 22.6. The van der Waals surface area contributed by atoms with Crippen LogP contribution in [0.2, 0.25) is 0 Å². The summed E-state index contributed by atoms with van der Waals surface area (Å²) in [5.41, 5.74) is 3.15. The van der Waals surface area contributed by atoms with E-state index in [1.54, 1.807) is 12.1 Å². The molecule has 0 spiro atoms. The van der Waals surface area contributed by atoms with Crippen LogP contribution in [0.4, 0.5) is 10.3 Å². The van der Waals surface area contributed by atoms with Gasteiger partial charge in [0, 0.05) is 18.1 Å². The zero-order valence-electron chi connectivity index (χ0n) is 14.8. The normalized spacial score (nSPS) is 9.96. The van der Waals surface area contributed by atoms with Gasteiger partial charge in [-0.2, -0.15) is 0 Å². The maximum Gasteiger partial charge on any atom is 0.414 e. The number of halogens is 2. The first-order chi connectivity index (χ1) is 13.3. The number of carboxylic acid groups (broad SMARTS) is 2. The molecule has 0 aliphatic heterocycles. The lowest BCUT2D eigenvalue weighted by atomic mass is 10.2. The van der Waals surface area contributed by atoms with Gasteiger partial charge in [-0.3, -0.25) is 0 Å². The second-order valence-corrected chi connectivity index (χ2v) is 6.54. The Morgan fingerprint density at radius 3 is 2.18 bits per heavy atom. The third-order valence-electron chi connectivity index (χ3n) is 3.68. The third-order valence-corrected chi connectivity index (χ3v) is 4.20. The second kappa shape index (κ2) is 9.65. The molecule has 0 saturated carbocycles. The maximum atomic E-state index is 12.9. The summed E-state index contributed by atoms with van der Waals surface area (Å²) in [5, 5.41) is 18.1. The van der Waals surface area contributed by atoms with E-state index in [1.807, 2.05) is 42.1 Å². The highest BCUT2D eigenvalue weighted by molar-refractivity contribution is 9.10. The molecule has 28 heavy (non-hydrogen) atoms. The lowest BCUT2D eigenvalue weighted by Crippen LogP contribution is -2.09. The number of carboxylic acids is 2. The molecular formula is C19H17BrFN3O4. The highest BCUT2D eigenvalue weighted by Crippen LogP contribution is 2.23. The lowest BCUT2D eigenvalue weighted by molar-refractivity contribution is -0.159. The molecule has 0 bridgehead atoms. The van der Waals surface area contributed by atoms with Gasteiger partial charge in [0.15, 0.2) is 0 Å². The van der Waals surface area contributed by atoms with Crippen LogP contribution in [-0.2, 0) is 23.2 Å². The van der Waals surface area contributed by atoms with Crippen LogP contribution in [0.3, 0.4) is 0 Å². The predicted molar refractivity (Wildman–Crippen MR) is 105 cm³/mol. The molecule has 0 amide bonds. The zero-order chi connectivity index (χ0) is 20.7. The fourth-order valence-corrected chi connectivity index (χ4v) is 2.51. The lowest BCUT2D eigenvalue weighted by Gasteiger charge is -2.08. The summed E-state index contributed by atoms with van der Waals surface area (Å²) in [6, 6.07) is 14.6. The number of imidazole rings is 1. The van der Waals surface area contributed by atoms with Gasteiger partial charge in [-0.25, -0.2) is 19.0 Å². The average molecular weight is 450 g/mol. The topological polar surface area (TPSA) is 104 Å². The van der Waals surface area contributed by atoms with Crippen LogP contribution in [0, 0.1) is 5.82 Å². The van der Waals surface area contributed by atoms with Crippen LogP contribution in [0.15, 0.2) is 59.2 Å². The fourth-order valence-electron chi connectivity index (χ4n) is 2.25. The zero-order valence-corrected chi connectivity index (χ0v) is 16.4. The number of nitrogens with one attached hydrogen (secondary N) is 1. The van der Waals surface area contributed by atoms with Crippen molar-refractivity contribution in [2.24, 2.45) is 7.05 Å². The van der Waals surface area contributed by atoms with E-state index in [2.05, 4.69) is 26.2 Å². The van der Waals surface area contributed by atoms with E-state index in [0.717, 1.165) is 27.2 Å². The highest BCUT2D eigenvalue weighted by Gasteiger charge is 2.08. The molecule has 3 rings (SSSR count). The number of aliphatic carboxylic acids is 2. The fraction of sp³-hybridized carbons (Fsp3) is 0.105. The van der Waals surface area contributed by atoms with Crippen LogP contribution < -0.4 is 5.32 Å². The predicted octanol–water partition coefficient (Wildman–Crippen LogP) is 3.76. The van der Waals surface area contributed by atoms with Gasteiger partial charge < -0.3 is 20.1 Å². The summed E-state index contributed by atoms with van der Waals surface area (Å²) in [6.07, 6.45) is 1.84. The summed E-state index contributed by atoms with van der Waals surface area (Å²) < 4.78 is 15.9. The monoisotopic (exact) mass is 449 g/mol. The molecule has 0 aliphatic carbocycles. The minimum absolute atomic E-state index is 0.224. The van der Waals surface area contributed by atoms with E-state index in [4.69, 9.17) is 19.8 Å². The van der Waals surface area contributed by atoms with E-state index in [1.165, 1.54) is 12.1 Å². The number of anilines is 1. The van der Waals surface area contributed by atoms with Crippen molar-refractivity contribution in [1.29, 1.82) is 0 Å². The minimum atomic E-state index is -1.82. The molecule has 3 aromatic rings. The average Bonchev–Trinajstić information content (AvgIpc) is 3.03. The Morgan fingerprint density at radius 1 is 1.07 bits per heavy atom. The summed E-state index contributed by atoms with van der Waals surface area (Å²) >= 11 is 3.44. The molecule has 3 N–H and O–H groups in total. The first-order valence-electron chi connectivity index (χ1n) is 8.00. The maximum absolute atomic E-state index is 12.9. The van der Waals surface area contributed by atoms with E-state index < -0.39 is 11.9 Å². The first-order valence-corrected chi connectivity index (χ1v) is 8.79. The van der Waals surface area contributed by atoms with Gasteiger partial charge >= 0.3 is 11.9 Å². The number of benzene rings is 2. The Morgan fingerprint density at radius 2 is 1.64 bits per heavy atom. The third kappa shape index (κ3) is 5.92. The van der Waals surface area contributed by atoms with Crippen molar-refractivity contribution < 1.29 is 24.2 Å². The van der Waals surface area contributed by atoms with Gasteiger partial charge in [0.2, 0.25) is 5.95 Å². The van der Waals surface area contributed by atoms with Crippen molar-refractivity contribution in [3.05, 3.63) is 70.6 Å². The molecule has 146 valence electrons. The Balaban J connectivity index is 0.000000409. The molecule has 0 aliphatic rings. The first kappa shape index (κ1) is 21.1. The molecule has 0 unspecified atom stereocenters. The standard InChI is InChI=1S/C17H15BrFN3.C2H2O4/c1-22-16(13-4-6-14(18)7-5-13)11-21-17(22)20-10-12-2-8-15(19)9-3-12;3-1(4)2(5)6/h2-9,11H,10H2,1H3,(H,20,21);(H,3,4)(H,5,6). The molecule has 0 saturated heterocycles. The Bertz CT molecular complexity index is 944. The summed E-state index contributed by atoms with van der Waals surface area (Å²) in [5.74, 6) is -3.09. The van der Waals surface area contributed by atoms with Crippen LogP contribution >= 0.6 is 15.9 Å². The minimum Gasteiger partial charge on any atom is -0.473 e. The molecular weight excluding hydrogens is 433 g/mol. The van der Waals surface area contributed by atoms with Crippen molar-refractivity contribution in [2.75, 3.05) is 5.32 Å². The largest absolute Gasteiger partial charge is 0.473 e. The van der Waals surface area contributed by atoms with E-state index >= 15 is 0 Å². The number of nitrogens with zero attached hydrogens (tertiary/aromatic N) is 2. The van der Waals surface area contributed by atoms with Crippen molar-refractivity contribution in [3.8, 4) is 11.3 Å². The Hall–Kier alpha value is -3.20.